The Kier molecular flexibility index (Phi) is 4.17. The Morgan fingerprint density at radius 1 is 1.55 bits per heavy atom. The number of rotatable bonds is 2. The first-order chi connectivity index (χ1) is 5.04. The van der Waals surface area contributed by atoms with E-state index in [-0.39, 0.29) is 0 Å². The maximum absolute atomic E-state index is 9.41. The first-order valence-electron chi connectivity index (χ1n) is 3.76. The van der Waals surface area contributed by atoms with Crippen LogP contribution in [0.4, 0.5) is 0 Å². The van der Waals surface area contributed by atoms with E-state index in [1.165, 1.54) is 0 Å². The van der Waals surface area contributed by atoms with Crippen molar-refractivity contribution in [1.29, 1.82) is 0 Å². The first-order valence-corrected chi connectivity index (χ1v) is 3.76. The van der Waals surface area contributed by atoms with Gasteiger partial charge in [-0.25, -0.2) is 0 Å². The highest BCUT2D eigenvalue weighted by Crippen LogP contribution is 2.12. The van der Waals surface area contributed by atoms with E-state index in [4.69, 9.17) is 4.74 Å². The minimum absolute atomic E-state index is 0.567. The molecular weight excluding hydrogens is 140 g/mol. The predicted molar refractivity (Wildman–Crippen MR) is 45.2 cm³/mol. The molecule has 0 aliphatic rings. The SMILES string of the molecule is CCC#CC(O)C(C)(C)OC. The summed E-state index contributed by atoms with van der Waals surface area (Å²) >= 11 is 0. The number of hydrogen-bond acceptors (Lipinski definition) is 2. The third-order valence-corrected chi connectivity index (χ3v) is 1.60. The number of ether oxygens (including phenoxy) is 1. The summed E-state index contributed by atoms with van der Waals surface area (Å²) < 4.78 is 5.04. The van der Waals surface area contributed by atoms with Crippen molar-refractivity contribution in [3.8, 4) is 11.8 Å². The predicted octanol–water partition coefficient (Wildman–Crippen LogP) is 1.19. The molecule has 0 bridgehead atoms. The Morgan fingerprint density at radius 3 is 2.45 bits per heavy atom. The van der Waals surface area contributed by atoms with Crippen LogP contribution in [0.3, 0.4) is 0 Å². The second-order valence-electron chi connectivity index (χ2n) is 2.88. The van der Waals surface area contributed by atoms with Crippen molar-refractivity contribution in [2.75, 3.05) is 7.11 Å². The molecule has 2 nitrogen and oxygen atoms in total. The maximum atomic E-state index is 9.41. The molecule has 0 radical (unpaired) electrons. The molecule has 0 rings (SSSR count). The molecule has 0 aromatic rings. The number of methoxy groups -OCH3 is 1. The molecular formula is C9H16O2. The molecule has 1 atom stereocenters. The molecule has 0 aliphatic heterocycles. The van der Waals surface area contributed by atoms with Crippen LogP contribution < -0.4 is 0 Å². The lowest BCUT2D eigenvalue weighted by Gasteiger charge is -2.24. The average Bonchev–Trinajstić information content (AvgIpc) is 2.00. The van der Waals surface area contributed by atoms with Crippen molar-refractivity contribution in [3.05, 3.63) is 0 Å². The summed E-state index contributed by atoms with van der Waals surface area (Å²) in [5.41, 5.74) is -0.567. The lowest BCUT2D eigenvalue weighted by molar-refractivity contribution is -0.0523. The summed E-state index contributed by atoms with van der Waals surface area (Å²) in [5, 5.41) is 9.41. The van der Waals surface area contributed by atoms with E-state index >= 15 is 0 Å². The van der Waals surface area contributed by atoms with E-state index in [2.05, 4.69) is 11.8 Å². The van der Waals surface area contributed by atoms with Crippen molar-refractivity contribution >= 4 is 0 Å². The summed E-state index contributed by atoms with van der Waals surface area (Å²) in [6, 6.07) is 0. The van der Waals surface area contributed by atoms with Crippen LogP contribution in [0.25, 0.3) is 0 Å². The fourth-order valence-corrected chi connectivity index (χ4v) is 0.484. The Labute approximate surface area is 68.6 Å². The van der Waals surface area contributed by atoms with Gasteiger partial charge in [-0.1, -0.05) is 12.8 Å². The minimum Gasteiger partial charge on any atom is -0.377 e. The Balaban J connectivity index is 4.11. The molecule has 0 aromatic heterocycles. The van der Waals surface area contributed by atoms with Crippen molar-refractivity contribution in [2.45, 2.75) is 38.9 Å². The number of hydrogen-bond donors (Lipinski definition) is 1. The van der Waals surface area contributed by atoms with E-state index in [1.54, 1.807) is 7.11 Å². The second kappa shape index (κ2) is 4.38. The highest BCUT2D eigenvalue weighted by Gasteiger charge is 2.25. The van der Waals surface area contributed by atoms with Crippen LogP contribution in [0.5, 0.6) is 0 Å². The Morgan fingerprint density at radius 2 is 2.09 bits per heavy atom. The van der Waals surface area contributed by atoms with Crippen LogP contribution in [-0.4, -0.2) is 23.9 Å². The lowest BCUT2D eigenvalue weighted by Crippen LogP contribution is -2.36. The maximum Gasteiger partial charge on any atom is 0.142 e. The van der Waals surface area contributed by atoms with E-state index in [9.17, 15) is 5.11 Å². The molecule has 0 heterocycles. The van der Waals surface area contributed by atoms with Crippen LogP contribution >= 0.6 is 0 Å². The largest absolute Gasteiger partial charge is 0.377 e. The highest BCUT2D eigenvalue weighted by atomic mass is 16.5. The average molecular weight is 156 g/mol. The second-order valence-corrected chi connectivity index (χ2v) is 2.88. The number of aliphatic hydroxyl groups excluding tert-OH is 1. The Hall–Kier alpha value is -0.520. The van der Waals surface area contributed by atoms with Crippen LogP contribution in [0.1, 0.15) is 27.2 Å². The van der Waals surface area contributed by atoms with Gasteiger partial charge in [-0.05, 0) is 13.8 Å². The molecule has 0 aliphatic carbocycles. The summed E-state index contributed by atoms with van der Waals surface area (Å²) in [4.78, 5) is 0. The van der Waals surface area contributed by atoms with Gasteiger partial charge in [-0.15, -0.1) is 5.92 Å². The Bertz CT molecular complexity index is 162. The zero-order chi connectivity index (χ0) is 8.91. The fourth-order valence-electron chi connectivity index (χ4n) is 0.484. The van der Waals surface area contributed by atoms with Crippen LogP contribution in [0.15, 0.2) is 0 Å². The van der Waals surface area contributed by atoms with E-state index < -0.39 is 11.7 Å². The third kappa shape index (κ3) is 3.41. The van der Waals surface area contributed by atoms with E-state index in [0.717, 1.165) is 6.42 Å². The van der Waals surface area contributed by atoms with Crippen molar-refractivity contribution in [1.82, 2.24) is 0 Å². The van der Waals surface area contributed by atoms with Gasteiger partial charge in [0, 0.05) is 13.5 Å². The normalized spacial score (nSPS) is 13.5. The van der Waals surface area contributed by atoms with Gasteiger partial charge < -0.3 is 9.84 Å². The molecule has 0 saturated heterocycles. The van der Waals surface area contributed by atoms with Gasteiger partial charge in [-0.2, -0.15) is 0 Å². The monoisotopic (exact) mass is 156 g/mol. The molecule has 0 fully saturated rings. The topological polar surface area (TPSA) is 29.5 Å². The van der Waals surface area contributed by atoms with Crippen LogP contribution in [-0.2, 0) is 4.74 Å². The molecule has 64 valence electrons. The van der Waals surface area contributed by atoms with E-state index in [0.29, 0.717) is 0 Å². The van der Waals surface area contributed by atoms with Crippen molar-refractivity contribution in [2.24, 2.45) is 0 Å². The first kappa shape index (κ1) is 10.5. The van der Waals surface area contributed by atoms with Crippen molar-refractivity contribution in [3.63, 3.8) is 0 Å². The van der Waals surface area contributed by atoms with Gasteiger partial charge in [0.2, 0.25) is 0 Å². The molecule has 11 heavy (non-hydrogen) atoms. The summed E-state index contributed by atoms with van der Waals surface area (Å²) in [6.45, 7) is 5.56. The van der Waals surface area contributed by atoms with Gasteiger partial charge in [0.05, 0.1) is 5.60 Å². The van der Waals surface area contributed by atoms with Gasteiger partial charge in [-0.3, -0.25) is 0 Å². The van der Waals surface area contributed by atoms with Gasteiger partial charge in [0.1, 0.15) is 6.10 Å². The highest BCUT2D eigenvalue weighted by molar-refractivity contribution is 5.09. The van der Waals surface area contributed by atoms with Gasteiger partial charge in [0.25, 0.3) is 0 Å². The zero-order valence-corrected chi connectivity index (χ0v) is 7.64. The zero-order valence-electron chi connectivity index (χ0n) is 7.64. The van der Waals surface area contributed by atoms with Gasteiger partial charge >= 0.3 is 0 Å². The van der Waals surface area contributed by atoms with Crippen molar-refractivity contribution < 1.29 is 9.84 Å². The molecule has 1 N–H and O–H groups in total. The number of aliphatic hydroxyl groups is 1. The smallest absolute Gasteiger partial charge is 0.142 e. The summed E-state index contributed by atoms with van der Waals surface area (Å²) in [5.74, 6) is 5.51. The molecule has 0 spiro atoms. The fraction of sp³-hybridized carbons (Fsp3) is 0.778. The molecule has 1 unspecified atom stereocenters. The third-order valence-electron chi connectivity index (χ3n) is 1.60. The quantitative estimate of drug-likeness (QED) is 0.608. The van der Waals surface area contributed by atoms with Gasteiger partial charge in [0.15, 0.2) is 0 Å². The summed E-state index contributed by atoms with van der Waals surface area (Å²) in [7, 11) is 1.57. The lowest BCUT2D eigenvalue weighted by atomic mass is 10.0. The minimum atomic E-state index is -0.701. The van der Waals surface area contributed by atoms with Crippen LogP contribution in [0.2, 0.25) is 0 Å². The van der Waals surface area contributed by atoms with E-state index in [1.807, 2.05) is 20.8 Å². The molecule has 0 saturated carbocycles. The standard InChI is InChI=1S/C9H16O2/c1-5-6-7-8(10)9(2,3)11-4/h8,10H,5H2,1-4H3. The molecule has 0 amide bonds. The molecule has 0 aromatic carbocycles. The van der Waals surface area contributed by atoms with Crippen LogP contribution in [0, 0.1) is 11.8 Å². The summed E-state index contributed by atoms with van der Waals surface area (Å²) in [6.07, 6.45) is 0.0593. The molecule has 2 heteroatoms.